The van der Waals surface area contributed by atoms with Gasteiger partial charge in [0, 0.05) is 32.1 Å². The lowest BCUT2D eigenvalue weighted by atomic mass is 10.1. The molecule has 9 nitrogen and oxygen atoms in total. The molecule has 2 aromatic rings. The van der Waals surface area contributed by atoms with E-state index in [9.17, 15) is 18.0 Å². The Bertz CT molecular complexity index is 1140. The third-order valence-corrected chi connectivity index (χ3v) is 7.05. The molecule has 0 saturated heterocycles. The molecule has 2 aromatic carbocycles. The van der Waals surface area contributed by atoms with Crippen LogP contribution >= 0.6 is 0 Å². The van der Waals surface area contributed by atoms with Gasteiger partial charge in [-0.1, -0.05) is 32.0 Å². The van der Waals surface area contributed by atoms with Crippen molar-refractivity contribution in [1.82, 2.24) is 10.2 Å². The van der Waals surface area contributed by atoms with Crippen LogP contribution in [0, 0.1) is 5.92 Å². The van der Waals surface area contributed by atoms with Gasteiger partial charge in [0.1, 0.15) is 17.5 Å². The number of rotatable bonds is 14. The minimum Gasteiger partial charge on any atom is -0.497 e. The van der Waals surface area contributed by atoms with E-state index >= 15 is 0 Å². The first-order valence-corrected chi connectivity index (χ1v) is 14.1. The average Bonchev–Trinajstić information content (AvgIpc) is 2.87. The normalized spacial score (nSPS) is 12.1. The van der Waals surface area contributed by atoms with Gasteiger partial charge >= 0.3 is 0 Å². The van der Waals surface area contributed by atoms with E-state index in [-0.39, 0.29) is 43.7 Å². The van der Waals surface area contributed by atoms with E-state index in [2.05, 4.69) is 5.32 Å². The Hall–Kier alpha value is -3.27. The number of ether oxygens (including phenoxy) is 2. The molecule has 0 aliphatic rings. The van der Waals surface area contributed by atoms with E-state index in [4.69, 9.17) is 9.47 Å². The highest BCUT2D eigenvalue weighted by atomic mass is 32.2. The third-order valence-electron chi connectivity index (χ3n) is 5.86. The molecule has 1 atom stereocenters. The highest BCUT2D eigenvalue weighted by Crippen LogP contribution is 2.24. The zero-order chi connectivity index (χ0) is 27.6. The van der Waals surface area contributed by atoms with Gasteiger partial charge in [0.05, 0.1) is 26.2 Å². The molecule has 2 rings (SSSR count). The van der Waals surface area contributed by atoms with Crippen LogP contribution in [0.25, 0.3) is 0 Å². The summed E-state index contributed by atoms with van der Waals surface area (Å²) in [6, 6.07) is 13.4. The molecule has 0 aliphatic carbocycles. The summed E-state index contributed by atoms with van der Waals surface area (Å²) < 4.78 is 36.7. The van der Waals surface area contributed by atoms with Crippen LogP contribution in [-0.4, -0.2) is 64.7 Å². The van der Waals surface area contributed by atoms with Gasteiger partial charge in [-0.15, -0.1) is 0 Å². The van der Waals surface area contributed by atoms with Gasteiger partial charge in [-0.2, -0.15) is 0 Å². The van der Waals surface area contributed by atoms with Crippen molar-refractivity contribution in [3.8, 4) is 11.5 Å². The smallest absolute Gasteiger partial charge is 0.242 e. The molecule has 1 N–H and O–H groups in total. The maximum atomic E-state index is 13.4. The SMILES string of the molecule is COc1ccc(CN(C(=O)CCCN(c2cccc(OC)c2)S(C)(=O)=O)[C@@H](C)C(=O)NCC(C)C)cc1. The Morgan fingerprint density at radius 3 is 2.19 bits per heavy atom. The van der Waals surface area contributed by atoms with Crippen LogP contribution in [0.2, 0.25) is 0 Å². The van der Waals surface area contributed by atoms with E-state index in [1.165, 1.54) is 16.3 Å². The first-order chi connectivity index (χ1) is 17.5. The van der Waals surface area contributed by atoms with Gasteiger partial charge in [0.2, 0.25) is 21.8 Å². The lowest BCUT2D eigenvalue weighted by Crippen LogP contribution is -2.48. The average molecular weight is 534 g/mol. The first kappa shape index (κ1) is 30.0. The van der Waals surface area contributed by atoms with Crippen LogP contribution in [0.5, 0.6) is 11.5 Å². The predicted molar refractivity (Wildman–Crippen MR) is 145 cm³/mol. The molecule has 204 valence electrons. The van der Waals surface area contributed by atoms with Crippen molar-refractivity contribution in [2.24, 2.45) is 5.92 Å². The summed E-state index contributed by atoms with van der Waals surface area (Å²) in [4.78, 5) is 27.7. The van der Waals surface area contributed by atoms with Crippen molar-refractivity contribution >= 4 is 27.5 Å². The quantitative estimate of drug-likeness (QED) is 0.399. The number of sulfonamides is 1. The standard InChI is InChI=1S/C27H39N3O6S/c1-20(2)18-28-27(32)21(3)29(19-22-12-14-24(35-4)15-13-22)26(31)11-8-16-30(37(6,33)34)23-9-7-10-25(17-23)36-5/h7,9-10,12-15,17,20-21H,8,11,16,18-19H2,1-6H3,(H,28,32)/t21-/m0/s1. The van der Waals surface area contributed by atoms with E-state index in [1.54, 1.807) is 50.4 Å². The van der Waals surface area contributed by atoms with E-state index in [1.807, 2.05) is 26.0 Å². The highest BCUT2D eigenvalue weighted by molar-refractivity contribution is 7.92. The van der Waals surface area contributed by atoms with Crippen LogP contribution < -0.4 is 19.1 Å². The fraction of sp³-hybridized carbons (Fsp3) is 0.481. The van der Waals surface area contributed by atoms with Gasteiger partial charge in [-0.25, -0.2) is 8.42 Å². The van der Waals surface area contributed by atoms with Gasteiger partial charge in [-0.3, -0.25) is 13.9 Å². The predicted octanol–water partition coefficient (Wildman–Crippen LogP) is 3.44. The van der Waals surface area contributed by atoms with E-state index < -0.39 is 16.1 Å². The maximum Gasteiger partial charge on any atom is 0.242 e. The molecule has 0 aromatic heterocycles. The summed E-state index contributed by atoms with van der Waals surface area (Å²) in [5.74, 6) is 1.05. The van der Waals surface area contributed by atoms with Gasteiger partial charge in [-0.05, 0) is 49.1 Å². The van der Waals surface area contributed by atoms with Crippen molar-refractivity contribution in [1.29, 1.82) is 0 Å². The summed E-state index contributed by atoms with van der Waals surface area (Å²) in [5, 5.41) is 2.90. The lowest BCUT2D eigenvalue weighted by Gasteiger charge is -2.29. The number of methoxy groups -OCH3 is 2. The highest BCUT2D eigenvalue weighted by Gasteiger charge is 2.27. The Labute approximate surface area is 220 Å². The Morgan fingerprint density at radius 2 is 1.62 bits per heavy atom. The molecule has 0 fully saturated rings. The molecule has 0 heterocycles. The zero-order valence-corrected chi connectivity index (χ0v) is 23.4. The number of carbonyl (C=O) groups is 2. The number of amides is 2. The summed E-state index contributed by atoms with van der Waals surface area (Å²) in [6.07, 6.45) is 1.49. The summed E-state index contributed by atoms with van der Waals surface area (Å²) in [5.41, 5.74) is 1.32. The number of hydrogen-bond acceptors (Lipinski definition) is 6. The summed E-state index contributed by atoms with van der Waals surface area (Å²) in [6.45, 7) is 6.57. The van der Waals surface area contributed by atoms with Crippen molar-refractivity contribution in [2.75, 3.05) is 37.9 Å². The summed E-state index contributed by atoms with van der Waals surface area (Å²) >= 11 is 0. The first-order valence-electron chi connectivity index (χ1n) is 12.3. The van der Waals surface area contributed by atoms with Crippen LogP contribution in [0.4, 0.5) is 5.69 Å². The third kappa shape index (κ3) is 9.27. The number of nitrogens with zero attached hydrogens (tertiary/aromatic N) is 2. The molecular weight excluding hydrogens is 494 g/mol. The minimum atomic E-state index is -3.58. The molecule has 0 unspecified atom stereocenters. The van der Waals surface area contributed by atoms with Gasteiger partial charge < -0.3 is 19.7 Å². The van der Waals surface area contributed by atoms with E-state index in [0.717, 1.165) is 11.8 Å². The molecule has 0 aliphatic heterocycles. The molecular formula is C27H39N3O6S. The Kier molecular flexibility index (Phi) is 11.2. The van der Waals surface area contributed by atoms with Crippen LogP contribution in [0.3, 0.4) is 0 Å². The Morgan fingerprint density at radius 1 is 0.973 bits per heavy atom. The zero-order valence-electron chi connectivity index (χ0n) is 22.6. The molecule has 0 saturated carbocycles. The summed E-state index contributed by atoms with van der Waals surface area (Å²) in [7, 11) is -0.492. The molecule has 2 amide bonds. The van der Waals surface area contributed by atoms with Crippen molar-refractivity contribution in [3.05, 3.63) is 54.1 Å². The number of carbonyl (C=O) groups excluding carboxylic acids is 2. The topological polar surface area (TPSA) is 105 Å². The van der Waals surface area contributed by atoms with Crippen LogP contribution in [0.15, 0.2) is 48.5 Å². The molecule has 0 radical (unpaired) electrons. The molecule has 0 bridgehead atoms. The van der Waals surface area contributed by atoms with Gasteiger partial charge in [0.15, 0.2) is 0 Å². The number of nitrogens with one attached hydrogen (secondary N) is 1. The van der Waals surface area contributed by atoms with Crippen LogP contribution in [-0.2, 0) is 26.2 Å². The second-order valence-electron chi connectivity index (χ2n) is 9.32. The van der Waals surface area contributed by atoms with Crippen molar-refractivity contribution in [3.63, 3.8) is 0 Å². The minimum absolute atomic E-state index is 0.0773. The van der Waals surface area contributed by atoms with Crippen molar-refractivity contribution in [2.45, 2.75) is 46.2 Å². The second kappa shape index (κ2) is 13.9. The molecule has 0 spiro atoms. The van der Waals surface area contributed by atoms with Gasteiger partial charge in [0.25, 0.3) is 0 Å². The Balaban J connectivity index is 2.17. The van der Waals surface area contributed by atoms with E-state index in [0.29, 0.717) is 23.7 Å². The number of benzene rings is 2. The maximum absolute atomic E-state index is 13.4. The monoisotopic (exact) mass is 533 g/mol. The number of anilines is 1. The largest absolute Gasteiger partial charge is 0.497 e. The molecule has 37 heavy (non-hydrogen) atoms. The molecule has 10 heteroatoms. The fourth-order valence-corrected chi connectivity index (χ4v) is 4.69. The lowest BCUT2D eigenvalue weighted by molar-refractivity contribution is -0.140. The fourth-order valence-electron chi connectivity index (χ4n) is 3.73. The second-order valence-corrected chi connectivity index (χ2v) is 11.2. The van der Waals surface area contributed by atoms with Crippen molar-refractivity contribution < 1.29 is 27.5 Å². The number of hydrogen-bond donors (Lipinski definition) is 1. The van der Waals surface area contributed by atoms with Crippen LogP contribution in [0.1, 0.15) is 39.2 Å².